The lowest BCUT2D eigenvalue weighted by molar-refractivity contribution is -0.224. The molecule has 1 spiro atoms. The Bertz CT molecular complexity index is 1260. The van der Waals surface area contributed by atoms with Gasteiger partial charge in [-0.25, -0.2) is 0 Å². The van der Waals surface area contributed by atoms with Gasteiger partial charge in [-0.15, -0.1) is 0 Å². The average Bonchev–Trinajstić information content (AvgIpc) is 3.21. The van der Waals surface area contributed by atoms with Gasteiger partial charge >= 0.3 is 0 Å². The molecule has 190 valence electrons. The molecule has 2 bridgehead atoms. The molecule has 2 aromatic rings. The highest BCUT2D eigenvalue weighted by molar-refractivity contribution is 5.92. The summed E-state index contributed by atoms with van der Waals surface area (Å²) in [7, 11) is 3.96. The first-order valence-corrected chi connectivity index (χ1v) is 13.2. The van der Waals surface area contributed by atoms with Crippen molar-refractivity contribution in [2.75, 3.05) is 20.6 Å². The number of rotatable bonds is 4. The minimum atomic E-state index is -0.983. The van der Waals surface area contributed by atoms with Gasteiger partial charge in [-0.2, -0.15) is 0 Å². The lowest BCUT2D eigenvalue weighted by Gasteiger charge is -2.66. The molecule has 4 aliphatic rings. The molecule has 1 amide bonds. The van der Waals surface area contributed by atoms with Crippen molar-refractivity contribution < 1.29 is 19.7 Å². The molecular weight excluding hydrogens is 452 g/mol. The van der Waals surface area contributed by atoms with Crippen molar-refractivity contribution >= 4 is 12.0 Å². The molecule has 3 unspecified atom stereocenters. The number of hydrogen-bond acceptors (Lipinski definition) is 5. The Morgan fingerprint density at radius 2 is 2.11 bits per heavy atom. The summed E-state index contributed by atoms with van der Waals surface area (Å²) in [5.41, 5.74) is 2.64. The molecule has 1 saturated heterocycles. The van der Waals surface area contributed by atoms with Gasteiger partial charge in [0.15, 0.2) is 11.5 Å². The van der Waals surface area contributed by atoms with Gasteiger partial charge in [-0.3, -0.25) is 4.79 Å². The molecule has 2 heterocycles. The molecule has 6 nitrogen and oxygen atoms in total. The third-order valence-corrected chi connectivity index (χ3v) is 9.72. The Balaban J connectivity index is 1.43. The van der Waals surface area contributed by atoms with Crippen LogP contribution in [-0.2, 0) is 16.6 Å². The Hall–Kier alpha value is -2.83. The van der Waals surface area contributed by atoms with Gasteiger partial charge in [-0.05, 0) is 69.0 Å². The zero-order valence-corrected chi connectivity index (χ0v) is 21.6. The molecule has 0 radical (unpaired) electrons. The monoisotopic (exact) mass is 488 g/mol. The van der Waals surface area contributed by atoms with Gasteiger partial charge in [0.05, 0.1) is 17.1 Å². The van der Waals surface area contributed by atoms with E-state index in [0.29, 0.717) is 12.2 Å². The van der Waals surface area contributed by atoms with Crippen LogP contribution in [0, 0.1) is 12.8 Å². The van der Waals surface area contributed by atoms with Crippen molar-refractivity contribution in [2.45, 2.75) is 68.7 Å². The predicted molar refractivity (Wildman–Crippen MR) is 139 cm³/mol. The topological polar surface area (TPSA) is 73.2 Å². The zero-order chi connectivity index (χ0) is 25.4. The van der Waals surface area contributed by atoms with Crippen LogP contribution in [0.4, 0.5) is 0 Å². The highest BCUT2D eigenvalue weighted by Crippen LogP contribution is 2.67. The number of carbonyl (C=O) groups excluding carboxylic acids is 1. The van der Waals surface area contributed by atoms with Crippen LogP contribution in [0.25, 0.3) is 6.08 Å². The van der Waals surface area contributed by atoms with E-state index in [1.54, 1.807) is 17.0 Å². The van der Waals surface area contributed by atoms with Crippen LogP contribution in [0.3, 0.4) is 0 Å². The van der Waals surface area contributed by atoms with Crippen LogP contribution >= 0.6 is 0 Å². The molecule has 2 aliphatic heterocycles. The Morgan fingerprint density at radius 1 is 1.31 bits per heavy atom. The third-order valence-electron chi connectivity index (χ3n) is 9.72. The maximum atomic E-state index is 13.5. The average molecular weight is 489 g/mol. The highest BCUT2D eigenvalue weighted by Gasteiger charge is 2.75. The fraction of sp³-hybridized carbons (Fsp3) is 0.500. The van der Waals surface area contributed by atoms with E-state index in [1.165, 1.54) is 0 Å². The number of piperidine rings is 1. The van der Waals surface area contributed by atoms with E-state index in [1.807, 2.05) is 44.3 Å². The van der Waals surface area contributed by atoms with Crippen LogP contribution in [0.15, 0.2) is 42.5 Å². The maximum absolute atomic E-state index is 13.5. The molecule has 6 atom stereocenters. The maximum Gasteiger partial charge on any atom is 0.246 e. The van der Waals surface area contributed by atoms with E-state index < -0.39 is 17.1 Å². The minimum absolute atomic E-state index is 0.00699. The molecule has 2 aromatic carbocycles. The van der Waals surface area contributed by atoms with Gasteiger partial charge < -0.3 is 24.7 Å². The van der Waals surface area contributed by atoms with Crippen molar-refractivity contribution in [2.24, 2.45) is 5.92 Å². The zero-order valence-electron chi connectivity index (χ0n) is 21.6. The third kappa shape index (κ3) is 2.94. The number of phenolic OH excluding ortho intramolecular Hbond substituents is 1. The lowest BCUT2D eigenvalue weighted by atomic mass is 9.45. The first kappa shape index (κ1) is 23.6. The van der Waals surface area contributed by atoms with E-state index >= 15 is 0 Å². The van der Waals surface area contributed by atoms with E-state index in [9.17, 15) is 15.0 Å². The second-order valence-electron chi connectivity index (χ2n) is 11.3. The number of carbonyl (C=O) groups is 1. The van der Waals surface area contributed by atoms with Crippen LogP contribution in [0.5, 0.6) is 11.5 Å². The number of aromatic hydroxyl groups is 1. The molecular formula is C30H36N2O4. The van der Waals surface area contributed by atoms with E-state index in [-0.39, 0.29) is 29.7 Å². The Kier molecular flexibility index (Phi) is 5.29. The van der Waals surface area contributed by atoms with Crippen LogP contribution in [-0.4, -0.2) is 70.3 Å². The first-order chi connectivity index (χ1) is 17.2. The standard InChI is InChI=1S/C30H36N2O4/c1-5-21-17-22(32(4)25(34)12-9-19-8-6-7-18(2)15-19)28-29-13-14-31(3)24(30(21,29)35)16-20-10-11-23(33)27(36-28)26(20)29/h6-12,15,21-22,24,28,33,35H,5,13-14,16-17H2,1-4H3/b12-9+/t21?,22?,24-,28?,29+,30-/m1/s1. The number of aliphatic hydroxyl groups is 1. The molecule has 0 aromatic heterocycles. The number of ether oxygens (including phenoxy) is 1. The number of aryl methyl sites for hydroxylation is 1. The second-order valence-corrected chi connectivity index (χ2v) is 11.3. The van der Waals surface area contributed by atoms with Gasteiger partial charge in [0, 0.05) is 24.7 Å². The lowest BCUT2D eigenvalue weighted by Crippen LogP contribution is -2.80. The van der Waals surface area contributed by atoms with Gasteiger partial charge in [0.25, 0.3) is 0 Å². The fourth-order valence-corrected chi connectivity index (χ4v) is 8.02. The number of nitrogens with zero attached hydrogens (tertiary/aromatic N) is 2. The summed E-state index contributed by atoms with van der Waals surface area (Å²) in [6.07, 6.45) is 6.04. The normalized spacial score (nSPS) is 34.4. The number of hydrogen-bond donors (Lipinski definition) is 2. The summed E-state index contributed by atoms with van der Waals surface area (Å²) in [4.78, 5) is 17.6. The number of likely N-dealkylation sites (tertiary alicyclic amines) is 1. The summed E-state index contributed by atoms with van der Waals surface area (Å²) < 4.78 is 6.62. The van der Waals surface area contributed by atoms with Crippen LogP contribution in [0.2, 0.25) is 0 Å². The molecule has 2 aliphatic carbocycles. The summed E-state index contributed by atoms with van der Waals surface area (Å²) in [5.74, 6) is 0.559. The highest BCUT2D eigenvalue weighted by atomic mass is 16.5. The molecule has 1 saturated carbocycles. The smallest absolute Gasteiger partial charge is 0.246 e. The SMILES string of the molecule is CCC1CC(N(C)C(=O)/C=C/c2cccc(C)c2)C2Oc3c(O)ccc4c3[C@@]23CCN(C)[C@H](C4)[C@]13O. The van der Waals surface area contributed by atoms with Crippen molar-refractivity contribution in [1.29, 1.82) is 0 Å². The number of benzene rings is 2. The van der Waals surface area contributed by atoms with Crippen molar-refractivity contribution in [3.8, 4) is 11.5 Å². The van der Waals surface area contributed by atoms with Crippen LogP contribution in [0.1, 0.15) is 48.4 Å². The van der Waals surface area contributed by atoms with Gasteiger partial charge in [0.1, 0.15) is 6.10 Å². The van der Waals surface area contributed by atoms with Gasteiger partial charge in [0.2, 0.25) is 5.91 Å². The summed E-state index contributed by atoms with van der Waals surface area (Å²) >= 11 is 0. The number of likely N-dealkylation sites (N-methyl/N-ethyl adjacent to an activating group) is 2. The number of phenols is 1. The Labute approximate surface area is 213 Å². The minimum Gasteiger partial charge on any atom is -0.504 e. The predicted octanol–water partition coefficient (Wildman–Crippen LogP) is 3.66. The molecule has 6 rings (SSSR count). The van der Waals surface area contributed by atoms with E-state index in [4.69, 9.17) is 4.74 Å². The van der Waals surface area contributed by atoms with Crippen LogP contribution < -0.4 is 4.74 Å². The molecule has 2 N–H and O–H groups in total. The summed E-state index contributed by atoms with van der Waals surface area (Å²) in [6.45, 7) is 5.02. The first-order valence-electron chi connectivity index (χ1n) is 13.2. The second kappa shape index (κ2) is 8.09. The largest absolute Gasteiger partial charge is 0.504 e. The quantitative estimate of drug-likeness (QED) is 0.643. The fourth-order valence-electron chi connectivity index (χ4n) is 8.02. The van der Waals surface area contributed by atoms with Crippen molar-refractivity contribution in [3.63, 3.8) is 0 Å². The van der Waals surface area contributed by atoms with Crippen molar-refractivity contribution in [1.82, 2.24) is 9.80 Å². The van der Waals surface area contributed by atoms with E-state index in [2.05, 4.69) is 24.9 Å². The molecule has 36 heavy (non-hydrogen) atoms. The summed E-state index contributed by atoms with van der Waals surface area (Å²) in [6, 6.07) is 11.6. The Morgan fingerprint density at radius 3 is 2.86 bits per heavy atom. The summed E-state index contributed by atoms with van der Waals surface area (Å²) in [5, 5.41) is 23.6. The molecule has 2 fully saturated rings. The molecule has 6 heteroatoms. The van der Waals surface area contributed by atoms with Gasteiger partial charge in [-0.1, -0.05) is 49.2 Å². The van der Waals surface area contributed by atoms with Crippen molar-refractivity contribution in [3.05, 3.63) is 64.7 Å². The number of amides is 1. The van der Waals surface area contributed by atoms with E-state index in [0.717, 1.165) is 48.1 Å².